The molecule has 1 unspecified atom stereocenters. The van der Waals surface area contributed by atoms with Crippen molar-refractivity contribution in [3.05, 3.63) is 22.2 Å². The molecule has 1 atom stereocenters. The largest absolute Gasteiger partial charge is 0.394 e. The summed E-state index contributed by atoms with van der Waals surface area (Å²) in [6.45, 7) is 2.18. The van der Waals surface area contributed by atoms with Gasteiger partial charge in [-0.2, -0.15) is 0 Å². The van der Waals surface area contributed by atoms with Crippen LogP contribution in [0.5, 0.6) is 0 Å². The molecular weight excluding hydrogens is 210 g/mol. The number of aliphatic hydroxyl groups excluding tert-OH is 1. The van der Waals surface area contributed by atoms with Crippen LogP contribution < -0.4 is 10.9 Å². The van der Waals surface area contributed by atoms with E-state index in [1.165, 1.54) is 6.07 Å². The monoisotopic (exact) mass is 227 g/mol. The van der Waals surface area contributed by atoms with Crippen LogP contribution in [0.15, 0.2) is 10.9 Å². The Bertz CT molecular complexity index is 378. The highest BCUT2D eigenvalue weighted by Crippen LogP contribution is 2.02. The summed E-state index contributed by atoms with van der Waals surface area (Å²) in [6, 6.07) is 1.10. The molecule has 0 aliphatic carbocycles. The second-order valence-electron chi connectivity index (χ2n) is 3.41. The number of aryl methyl sites for hydroxylation is 1. The highest BCUT2D eigenvalue weighted by atomic mass is 16.5. The SMILES string of the molecule is CCc1nc(NC(CO)COC)cc(=O)[nH]1. The van der Waals surface area contributed by atoms with Crippen molar-refractivity contribution in [1.82, 2.24) is 9.97 Å². The lowest BCUT2D eigenvalue weighted by molar-refractivity contribution is 0.153. The third-order valence-corrected chi connectivity index (χ3v) is 2.07. The van der Waals surface area contributed by atoms with Gasteiger partial charge >= 0.3 is 0 Å². The fourth-order valence-corrected chi connectivity index (χ4v) is 1.30. The molecule has 0 spiro atoms. The molecular formula is C10H17N3O3. The summed E-state index contributed by atoms with van der Waals surface area (Å²) in [6.07, 6.45) is 0.652. The van der Waals surface area contributed by atoms with Gasteiger partial charge in [0.15, 0.2) is 0 Å². The average molecular weight is 227 g/mol. The first-order valence-corrected chi connectivity index (χ1v) is 5.16. The zero-order valence-corrected chi connectivity index (χ0v) is 9.49. The van der Waals surface area contributed by atoms with Gasteiger partial charge in [0.25, 0.3) is 5.56 Å². The number of ether oxygens (including phenoxy) is 1. The summed E-state index contributed by atoms with van der Waals surface area (Å²) in [5.74, 6) is 1.07. The number of methoxy groups -OCH3 is 1. The fraction of sp³-hybridized carbons (Fsp3) is 0.600. The summed E-state index contributed by atoms with van der Waals surface area (Å²) >= 11 is 0. The maximum absolute atomic E-state index is 11.3. The van der Waals surface area contributed by atoms with E-state index in [4.69, 9.17) is 9.84 Å². The van der Waals surface area contributed by atoms with Crippen LogP contribution in [0.4, 0.5) is 5.82 Å². The van der Waals surface area contributed by atoms with E-state index >= 15 is 0 Å². The molecule has 0 fully saturated rings. The number of nitrogens with zero attached hydrogens (tertiary/aromatic N) is 1. The van der Waals surface area contributed by atoms with Crippen LogP contribution in [-0.4, -0.2) is 41.4 Å². The summed E-state index contributed by atoms with van der Waals surface area (Å²) in [7, 11) is 1.55. The average Bonchev–Trinajstić information content (AvgIpc) is 2.27. The number of anilines is 1. The number of aromatic nitrogens is 2. The summed E-state index contributed by atoms with van der Waals surface area (Å²) in [4.78, 5) is 18.1. The van der Waals surface area contributed by atoms with Crippen LogP contribution in [0, 0.1) is 0 Å². The molecule has 1 heterocycles. The van der Waals surface area contributed by atoms with Crippen LogP contribution in [-0.2, 0) is 11.2 Å². The minimum Gasteiger partial charge on any atom is -0.394 e. The smallest absolute Gasteiger partial charge is 0.252 e. The summed E-state index contributed by atoms with van der Waals surface area (Å²) < 4.78 is 4.92. The van der Waals surface area contributed by atoms with Crippen molar-refractivity contribution in [3.63, 3.8) is 0 Å². The Balaban J connectivity index is 2.79. The van der Waals surface area contributed by atoms with Gasteiger partial charge < -0.3 is 20.1 Å². The van der Waals surface area contributed by atoms with Gasteiger partial charge in [0, 0.05) is 19.6 Å². The van der Waals surface area contributed by atoms with Crippen LogP contribution in [0.3, 0.4) is 0 Å². The molecule has 0 amide bonds. The molecule has 0 aromatic carbocycles. The minimum atomic E-state index is -0.260. The second kappa shape index (κ2) is 6.24. The Morgan fingerprint density at radius 1 is 1.69 bits per heavy atom. The van der Waals surface area contributed by atoms with Gasteiger partial charge in [0.1, 0.15) is 11.6 Å². The first-order valence-electron chi connectivity index (χ1n) is 5.16. The van der Waals surface area contributed by atoms with E-state index in [2.05, 4.69) is 15.3 Å². The van der Waals surface area contributed by atoms with Gasteiger partial charge in [-0.25, -0.2) is 4.98 Å². The van der Waals surface area contributed by atoms with E-state index in [9.17, 15) is 4.79 Å². The fourth-order valence-electron chi connectivity index (χ4n) is 1.30. The molecule has 6 nitrogen and oxygen atoms in total. The first-order chi connectivity index (χ1) is 7.69. The molecule has 0 saturated carbocycles. The van der Waals surface area contributed by atoms with Crippen LogP contribution in [0.2, 0.25) is 0 Å². The maximum Gasteiger partial charge on any atom is 0.252 e. The zero-order valence-electron chi connectivity index (χ0n) is 9.49. The lowest BCUT2D eigenvalue weighted by Gasteiger charge is -2.15. The van der Waals surface area contributed by atoms with Crippen LogP contribution in [0.1, 0.15) is 12.7 Å². The van der Waals surface area contributed by atoms with Gasteiger partial charge in [-0.15, -0.1) is 0 Å². The number of aliphatic hydroxyl groups is 1. The number of aromatic amines is 1. The number of hydrogen-bond donors (Lipinski definition) is 3. The van der Waals surface area contributed by atoms with Crippen molar-refractivity contribution < 1.29 is 9.84 Å². The first kappa shape index (κ1) is 12.7. The number of rotatable bonds is 6. The molecule has 90 valence electrons. The molecule has 0 radical (unpaired) electrons. The Morgan fingerprint density at radius 3 is 3.00 bits per heavy atom. The van der Waals surface area contributed by atoms with Crippen molar-refractivity contribution in [1.29, 1.82) is 0 Å². The minimum absolute atomic E-state index is 0.0796. The number of H-pyrrole nitrogens is 1. The van der Waals surface area contributed by atoms with E-state index in [0.717, 1.165) is 0 Å². The Hall–Kier alpha value is -1.40. The van der Waals surface area contributed by atoms with Crippen molar-refractivity contribution in [2.24, 2.45) is 0 Å². The molecule has 0 bridgehead atoms. The van der Waals surface area contributed by atoms with Gasteiger partial charge in [-0.3, -0.25) is 4.79 Å². The Labute approximate surface area is 93.7 Å². The van der Waals surface area contributed by atoms with Crippen LogP contribution in [0.25, 0.3) is 0 Å². The van der Waals surface area contributed by atoms with Gasteiger partial charge in [-0.1, -0.05) is 6.92 Å². The van der Waals surface area contributed by atoms with E-state index in [-0.39, 0.29) is 18.2 Å². The van der Waals surface area contributed by atoms with E-state index in [1.54, 1.807) is 7.11 Å². The second-order valence-corrected chi connectivity index (χ2v) is 3.41. The Morgan fingerprint density at radius 2 is 2.44 bits per heavy atom. The highest BCUT2D eigenvalue weighted by Gasteiger charge is 2.08. The normalized spacial score (nSPS) is 12.4. The highest BCUT2D eigenvalue weighted by molar-refractivity contribution is 5.34. The van der Waals surface area contributed by atoms with Crippen molar-refractivity contribution in [2.75, 3.05) is 25.6 Å². The standard InChI is InChI=1S/C10H17N3O3/c1-3-8-12-9(4-10(15)13-8)11-7(5-14)6-16-2/h4,7,14H,3,5-6H2,1-2H3,(H2,11,12,13,15). The van der Waals surface area contributed by atoms with Crippen LogP contribution >= 0.6 is 0 Å². The number of hydrogen-bond acceptors (Lipinski definition) is 5. The molecule has 0 saturated heterocycles. The van der Waals surface area contributed by atoms with Crippen molar-refractivity contribution in [3.8, 4) is 0 Å². The molecule has 6 heteroatoms. The van der Waals surface area contributed by atoms with Gasteiger partial charge in [0.2, 0.25) is 0 Å². The lowest BCUT2D eigenvalue weighted by atomic mass is 10.3. The van der Waals surface area contributed by atoms with Crippen molar-refractivity contribution >= 4 is 5.82 Å². The van der Waals surface area contributed by atoms with Gasteiger partial charge in [0.05, 0.1) is 19.3 Å². The third-order valence-electron chi connectivity index (χ3n) is 2.07. The third kappa shape index (κ3) is 3.63. The molecule has 1 rings (SSSR count). The zero-order chi connectivity index (χ0) is 12.0. The van der Waals surface area contributed by atoms with E-state index in [1.807, 2.05) is 6.92 Å². The Kier molecular flexibility index (Phi) is 4.94. The predicted molar refractivity (Wildman–Crippen MR) is 60.6 cm³/mol. The predicted octanol–water partition coefficient (Wildman–Crippen LogP) is -0.249. The molecule has 16 heavy (non-hydrogen) atoms. The quantitative estimate of drug-likeness (QED) is 0.624. The summed E-state index contributed by atoms with van der Waals surface area (Å²) in [5, 5.41) is 12.0. The topological polar surface area (TPSA) is 87.2 Å². The summed E-state index contributed by atoms with van der Waals surface area (Å²) in [5.41, 5.74) is -0.205. The maximum atomic E-state index is 11.3. The number of nitrogens with one attached hydrogen (secondary N) is 2. The van der Waals surface area contributed by atoms with E-state index in [0.29, 0.717) is 24.7 Å². The molecule has 1 aromatic heterocycles. The van der Waals surface area contributed by atoms with Gasteiger partial charge in [-0.05, 0) is 0 Å². The molecule has 3 N–H and O–H groups in total. The molecule has 1 aromatic rings. The van der Waals surface area contributed by atoms with Crippen molar-refractivity contribution in [2.45, 2.75) is 19.4 Å². The van der Waals surface area contributed by atoms with E-state index < -0.39 is 0 Å². The molecule has 0 aliphatic rings. The molecule has 0 aliphatic heterocycles. The lowest BCUT2D eigenvalue weighted by Crippen LogP contribution is -2.30.